The number of fused-ring (bicyclic) bond motifs is 1. The van der Waals surface area contributed by atoms with Gasteiger partial charge in [0.1, 0.15) is 5.82 Å². The summed E-state index contributed by atoms with van der Waals surface area (Å²) in [5.74, 6) is -0.239. The van der Waals surface area contributed by atoms with Gasteiger partial charge in [-0.25, -0.2) is 4.68 Å². The molecule has 0 bridgehead atoms. The smallest absolute Gasteiger partial charge is 0.362 e. The van der Waals surface area contributed by atoms with Gasteiger partial charge < -0.3 is 10.6 Å². The lowest BCUT2D eigenvalue weighted by atomic mass is 9.95. The van der Waals surface area contributed by atoms with Crippen molar-refractivity contribution in [2.24, 2.45) is 0 Å². The van der Waals surface area contributed by atoms with Crippen LogP contribution >= 0.6 is 27.3 Å². The maximum absolute atomic E-state index is 13.7. The van der Waals surface area contributed by atoms with Crippen molar-refractivity contribution in [3.05, 3.63) is 32.6 Å². The second-order valence-electron chi connectivity index (χ2n) is 7.27. The molecule has 28 heavy (non-hydrogen) atoms. The Hall–Kier alpha value is -1.55. The summed E-state index contributed by atoms with van der Waals surface area (Å²) < 4.78 is 42.4. The zero-order valence-corrected chi connectivity index (χ0v) is 17.3. The number of nitrogens with one attached hydrogen (secondary N) is 2. The summed E-state index contributed by atoms with van der Waals surface area (Å²) in [7, 11) is 0. The highest BCUT2D eigenvalue weighted by Crippen LogP contribution is 2.46. The maximum Gasteiger partial charge on any atom is 0.410 e. The number of hydrogen-bond donors (Lipinski definition) is 2. The standard InChI is InChI=1S/C18H20BrF3N4OS/c19-14-15(17(27)23-10-5-2-1-3-6-10)25-26-13(18(20,21)22)9-11(24-16(14)26)12-7-4-8-28-12/h4,7-8,10-11,13,24H,1-3,5-6,9H2,(H,23,27). The lowest BCUT2D eigenvalue weighted by Crippen LogP contribution is -2.37. The molecule has 5 nitrogen and oxygen atoms in total. The third-order valence-electron chi connectivity index (χ3n) is 5.34. The number of carbonyl (C=O) groups excluding carboxylic acids is 1. The first kappa shape index (κ1) is 19.8. The van der Waals surface area contributed by atoms with Crippen LogP contribution in [0.25, 0.3) is 0 Å². The number of thiophene rings is 1. The number of aromatic nitrogens is 2. The molecule has 1 fully saturated rings. The first-order valence-electron chi connectivity index (χ1n) is 9.30. The number of nitrogens with zero attached hydrogens (tertiary/aromatic N) is 2. The van der Waals surface area contributed by atoms with Crippen LogP contribution in [-0.2, 0) is 0 Å². The first-order valence-corrected chi connectivity index (χ1v) is 11.0. The Balaban J connectivity index is 1.65. The van der Waals surface area contributed by atoms with Crippen LogP contribution < -0.4 is 10.6 Å². The monoisotopic (exact) mass is 476 g/mol. The van der Waals surface area contributed by atoms with Gasteiger partial charge in [0.15, 0.2) is 11.7 Å². The molecule has 10 heteroatoms. The molecule has 152 valence electrons. The summed E-state index contributed by atoms with van der Waals surface area (Å²) in [6.45, 7) is 0. The van der Waals surface area contributed by atoms with Gasteiger partial charge in [0.25, 0.3) is 5.91 Å². The van der Waals surface area contributed by atoms with Crippen LogP contribution in [-0.4, -0.2) is 27.9 Å². The third kappa shape index (κ3) is 3.80. The van der Waals surface area contributed by atoms with Crippen LogP contribution in [0, 0.1) is 0 Å². The molecule has 0 spiro atoms. The molecule has 1 aliphatic heterocycles. The van der Waals surface area contributed by atoms with Crippen molar-refractivity contribution in [3.63, 3.8) is 0 Å². The molecule has 2 aromatic heterocycles. The number of anilines is 1. The molecular weight excluding hydrogens is 457 g/mol. The van der Waals surface area contributed by atoms with Crippen molar-refractivity contribution >= 4 is 39.0 Å². The average Bonchev–Trinajstić information content (AvgIpc) is 3.30. The molecule has 2 N–H and O–H groups in total. The average molecular weight is 477 g/mol. The molecule has 3 heterocycles. The van der Waals surface area contributed by atoms with Crippen LogP contribution in [0.4, 0.5) is 19.0 Å². The number of halogens is 4. The van der Waals surface area contributed by atoms with Crippen molar-refractivity contribution in [1.82, 2.24) is 15.1 Å². The van der Waals surface area contributed by atoms with Crippen molar-refractivity contribution < 1.29 is 18.0 Å². The van der Waals surface area contributed by atoms with E-state index in [1.807, 2.05) is 17.5 Å². The number of alkyl halides is 3. The zero-order chi connectivity index (χ0) is 19.9. The summed E-state index contributed by atoms with van der Waals surface area (Å²) in [5, 5.41) is 12.0. The predicted molar refractivity (Wildman–Crippen MR) is 105 cm³/mol. The normalized spacial score (nSPS) is 23.1. The quantitative estimate of drug-likeness (QED) is 0.620. The van der Waals surface area contributed by atoms with Gasteiger partial charge in [-0.2, -0.15) is 18.3 Å². The Kier molecular flexibility index (Phi) is 5.43. The highest BCUT2D eigenvalue weighted by molar-refractivity contribution is 9.10. The number of hydrogen-bond acceptors (Lipinski definition) is 4. The lowest BCUT2D eigenvalue weighted by Gasteiger charge is -2.33. The molecule has 1 saturated carbocycles. The summed E-state index contributed by atoms with van der Waals surface area (Å²) in [6, 6.07) is 1.41. The Labute approximate surface area is 172 Å². The highest BCUT2D eigenvalue weighted by atomic mass is 79.9. The molecule has 0 aromatic carbocycles. The van der Waals surface area contributed by atoms with E-state index in [0.29, 0.717) is 0 Å². The van der Waals surface area contributed by atoms with E-state index in [0.717, 1.165) is 41.7 Å². The van der Waals surface area contributed by atoms with Gasteiger partial charge in [-0.05, 0) is 40.2 Å². The van der Waals surface area contributed by atoms with Gasteiger partial charge in [-0.3, -0.25) is 4.79 Å². The van der Waals surface area contributed by atoms with Crippen molar-refractivity contribution in [3.8, 4) is 0 Å². The van der Waals surface area contributed by atoms with Crippen molar-refractivity contribution in [1.29, 1.82) is 0 Å². The number of amides is 1. The molecule has 2 unspecified atom stereocenters. The Morgan fingerprint density at radius 2 is 2.07 bits per heavy atom. The van der Waals surface area contributed by atoms with Crippen LogP contribution in [0.2, 0.25) is 0 Å². The zero-order valence-electron chi connectivity index (χ0n) is 14.9. The van der Waals surface area contributed by atoms with E-state index in [4.69, 9.17) is 0 Å². The third-order valence-corrected chi connectivity index (χ3v) is 7.07. The molecule has 0 radical (unpaired) electrons. The highest BCUT2D eigenvalue weighted by Gasteiger charge is 2.48. The van der Waals surface area contributed by atoms with E-state index >= 15 is 0 Å². The van der Waals surface area contributed by atoms with Gasteiger partial charge in [0.2, 0.25) is 0 Å². The van der Waals surface area contributed by atoms with E-state index < -0.39 is 24.2 Å². The van der Waals surface area contributed by atoms with Crippen LogP contribution in [0.3, 0.4) is 0 Å². The fourth-order valence-corrected chi connectivity index (χ4v) is 5.26. The molecule has 2 atom stereocenters. The minimum atomic E-state index is -4.46. The molecule has 2 aromatic rings. The Bertz CT molecular complexity index is 846. The van der Waals surface area contributed by atoms with Gasteiger partial charge in [0.05, 0.1) is 10.5 Å². The summed E-state index contributed by atoms with van der Waals surface area (Å²) >= 11 is 4.72. The van der Waals surface area contributed by atoms with E-state index in [1.165, 1.54) is 11.3 Å². The van der Waals surface area contributed by atoms with Crippen molar-refractivity contribution in [2.45, 2.75) is 62.8 Å². The van der Waals surface area contributed by atoms with Crippen LogP contribution in [0.1, 0.15) is 66.0 Å². The van der Waals surface area contributed by atoms with Crippen LogP contribution in [0.5, 0.6) is 0 Å². The number of carbonyl (C=O) groups is 1. The Morgan fingerprint density at radius 3 is 2.71 bits per heavy atom. The molecule has 2 aliphatic rings. The second-order valence-corrected chi connectivity index (χ2v) is 9.04. The van der Waals surface area contributed by atoms with Crippen molar-refractivity contribution in [2.75, 3.05) is 5.32 Å². The van der Waals surface area contributed by atoms with Gasteiger partial charge in [-0.1, -0.05) is 25.3 Å². The van der Waals surface area contributed by atoms with Gasteiger partial charge in [0, 0.05) is 17.3 Å². The summed E-state index contributed by atoms with van der Waals surface area (Å²) in [6.07, 6.45) is 0.388. The summed E-state index contributed by atoms with van der Waals surface area (Å²) in [5.41, 5.74) is -0.00541. The minimum Gasteiger partial charge on any atom is -0.362 e. The SMILES string of the molecule is O=C(NC1CCCCC1)c1nn2c(c1Br)NC(c1cccs1)CC2C(F)(F)F. The molecular formula is C18H20BrF3N4OS. The maximum atomic E-state index is 13.7. The minimum absolute atomic E-state index is 0.00541. The van der Waals surface area contributed by atoms with Gasteiger partial charge >= 0.3 is 6.18 Å². The molecule has 4 rings (SSSR count). The molecule has 1 aliphatic carbocycles. The van der Waals surface area contributed by atoms with E-state index in [1.54, 1.807) is 0 Å². The lowest BCUT2D eigenvalue weighted by molar-refractivity contribution is -0.173. The number of rotatable bonds is 3. The van der Waals surface area contributed by atoms with Gasteiger partial charge in [-0.15, -0.1) is 11.3 Å². The van der Waals surface area contributed by atoms with E-state index in [9.17, 15) is 18.0 Å². The summed E-state index contributed by atoms with van der Waals surface area (Å²) in [4.78, 5) is 13.5. The largest absolute Gasteiger partial charge is 0.410 e. The predicted octanol–water partition coefficient (Wildman–Crippen LogP) is 5.43. The fraction of sp³-hybridized carbons (Fsp3) is 0.556. The molecule has 0 saturated heterocycles. The Morgan fingerprint density at radius 1 is 1.32 bits per heavy atom. The van der Waals surface area contributed by atoms with Crippen LogP contribution in [0.15, 0.2) is 22.0 Å². The van der Waals surface area contributed by atoms with E-state index in [2.05, 4.69) is 31.7 Å². The first-order chi connectivity index (χ1) is 13.3. The van der Waals surface area contributed by atoms with E-state index in [-0.39, 0.29) is 28.4 Å². The second kappa shape index (κ2) is 7.70. The topological polar surface area (TPSA) is 59.0 Å². The fourth-order valence-electron chi connectivity index (χ4n) is 3.91. The molecule has 1 amide bonds.